The molecule has 1 fully saturated rings. The summed E-state index contributed by atoms with van der Waals surface area (Å²) in [6.07, 6.45) is 4.77. The van der Waals surface area contributed by atoms with Gasteiger partial charge in [0.15, 0.2) is 4.32 Å². The van der Waals surface area contributed by atoms with E-state index in [1.807, 2.05) is 0 Å². The number of hydrazine groups is 1. The molecule has 0 aliphatic carbocycles. The summed E-state index contributed by atoms with van der Waals surface area (Å²) in [6.45, 7) is 0. The van der Waals surface area contributed by atoms with Gasteiger partial charge in [-0.15, -0.1) is 0 Å². The Kier molecular flexibility index (Phi) is 5.09. The molecule has 2 heterocycles. The first-order valence-corrected chi connectivity index (χ1v) is 8.47. The Balaban J connectivity index is 1.89. The van der Waals surface area contributed by atoms with Crippen molar-refractivity contribution in [1.29, 1.82) is 0 Å². The normalized spacial score (nSPS) is 15.3. The third kappa shape index (κ3) is 3.91. The van der Waals surface area contributed by atoms with Crippen molar-refractivity contribution in [3.8, 4) is 0 Å². The molecule has 0 spiro atoms. The number of carbonyl (C=O) groups excluding carboxylic acids is 1. The van der Waals surface area contributed by atoms with Gasteiger partial charge < -0.3 is 0 Å². The zero-order valence-corrected chi connectivity index (χ0v) is 14.9. The number of rotatable bonds is 5. The van der Waals surface area contributed by atoms with Crippen LogP contribution in [0, 0.1) is 20.2 Å². The maximum atomic E-state index is 12.6. The Morgan fingerprint density at radius 3 is 2.48 bits per heavy atom. The van der Waals surface area contributed by atoms with Gasteiger partial charge in [0.25, 0.3) is 11.6 Å². The van der Waals surface area contributed by atoms with Crippen LogP contribution in [0.15, 0.2) is 47.6 Å². The van der Waals surface area contributed by atoms with E-state index >= 15 is 0 Å². The molecule has 1 aromatic carbocycles. The van der Waals surface area contributed by atoms with Gasteiger partial charge in [-0.25, -0.2) is 5.01 Å². The molecule has 0 atom stereocenters. The van der Waals surface area contributed by atoms with E-state index < -0.39 is 27.1 Å². The molecule has 0 bridgehead atoms. The molecule has 0 radical (unpaired) electrons. The number of aromatic nitrogens is 1. The smallest absolute Gasteiger partial charge is 0.283 e. The van der Waals surface area contributed by atoms with Gasteiger partial charge in [0, 0.05) is 18.5 Å². The van der Waals surface area contributed by atoms with E-state index in [2.05, 4.69) is 10.4 Å². The lowest BCUT2D eigenvalue weighted by Crippen LogP contribution is -2.34. The monoisotopic (exact) mass is 403 g/mol. The van der Waals surface area contributed by atoms with E-state index in [1.54, 1.807) is 30.6 Å². The molecule has 1 amide bonds. The first-order chi connectivity index (χ1) is 12.9. The lowest BCUT2D eigenvalue weighted by atomic mass is 10.2. The summed E-state index contributed by atoms with van der Waals surface area (Å²) in [5.41, 5.74) is 2.25. The zero-order valence-electron chi connectivity index (χ0n) is 13.3. The number of nitro groups is 2. The highest BCUT2D eigenvalue weighted by atomic mass is 32.2. The van der Waals surface area contributed by atoms with Gasteiger partial charge in [-0.05, 0) is 42.1 Å². The summed E-state index contributed by atoms with van der Waals surface area (Å²) in [7, 11) is 0. The molecule has 1 N–H and O–H groups in total. The van der Waals surface area contributed by atoms with Crippen LogP contribution in [0.4, 0.5) is 17.1 Å². The quantitative estimate of drug-likeness (QED) is 0.346. The van der Waals surface area contributed by atoms with Crippen LogP contribution in [0.5, 0.6) is 0 Å². The Labute approximate surface area is 161 Å². The molecule has 1 aliphatic rings. The number of thiocarbonyl (C=S) groups is 1. The molecule has 1 saturated heterocycles. The minimum atomic E-state index is -0.778. The van der Waals surface area contributed by atoms with Crippen LogP contribution >= 0.6 is 24.0 Å². The largest absolute Gasteiger partial charge is 0.300 e. The number of pyridine rings is 1. The third-order valence-electron chi connectivity index (χ3n) is 3.42. The SMILES string of the molecule is O=C1C(=Cc2ccncc2)SC(=S)N1Nc1ccc([N+](=O)[O-])cc1[N+](=O)[O-]. The highest BCUT2D eigenvalue weighted by molar-refractivity contribution is 8.26. The second kappa shape index (κ2) is 7.47. The number of nitro benzene ring substituents is 2. The average molecular weight is 403 g/mol. The maximum Gasteiger partial charge on any atom is 0.300 e. The number of nitrogens with one attached hydrogen (secondary N) is 1. The summed E-state index contributed by atoms with van der Waals surface area (Å²) < 4.78 is 0.146. The Morgan fingerprint density at radius 2 is 1.85 bits per heavy atom. The second-order valence-electron chi connectivity index (χ2n) is 5.13. The van der Waals surface area contributed by atoms with Gasteiger partial charge >= 0.3 is 5.69 Å². The predicted molar refractivity (Wildman–Crippen MR) is 103 cm³/mol. The molecular formula is C15H9N5O5S2. The van der Waals surface area contributed by atoms with Gasteiger partial charge in [-0.3, -0.25) is 35.4 Å². The van der Waals surface area contributed by atoms with E-state index in [4.69, 9.17) is 12.2 Å². The highest BCUT2D eigenvalue weighted by Gasteiger charge is 2.34. The average Bonchev–Trinajstić information content (AvgIpc) is 2.90. The topological polar surface area (TPSA) is 132 Å². The number of hydrogen-bond donors (Lipinski definition) is 1. The van der Waals surface area contributed by atoms with Crippen molar-refractivity contribution in [1.82, 2.24) is 9.99 Å². The molecule has 3 rings (SSSR count). The molecule has 1 aliphatic heterocycles. The predicted octanol–water partition coefficient (Wildman–Crippen LogP) is 3.13. The maximum absolute atomic E-state index is 12.6. The van der Waals surface area contributed by atoms with Gasteiger partial charge in [-0.1, -0.05) is 11.8 Å². The summed E-state index contributed by atoms with van der Waals surface area (Å²) in [4.78, 5) is 37.3. The van der Waals surface area contributed by atoms with Gasteiger partial charge in [-0.2, -0.15) is 0 Å². The molecule has 27 heavy (non-hydrogen) atoms. The molecule has 2 aromatic rings. The summed E-state index contributed by atoms with van der Waals surface area (Å²) in [5, 5.41) is 23.0. The molecule has 12 heteroatoms. The number of nitrogens with zero attached hydrogens (tertiary/aromatic N) is 4. The molecule has 0 saturated carbocycles. The van der Waals surface area contributed by atoms with E-state index in [1.165, 1.54) is 0 Å². The second-order valence-corrected chi connectivity index (χ2v) is 6.80. The van der Waals surface area contributed by atoms with Crippen molar-refractivity contribution in [2.75, 3.05) is 5.43 Å². The van der Waals surface area contributed by atoms with Crippen molar-refractivity contribution in [2.24, 2.45) is 0 Å². The first-order valence-electron chi connectivity index (χ1n) is 7.24. The molecule has 10 nitrogen and oxygen atoms in total. The summed E-state index contributed by atoms with van der Waals surface area (Å²) >= 11 is 6.19. The fraction of sp³-hybridized carbons (Fsp3) is 0. The van der Waals surface area contributed by atoms with Crippen molar-refractivity contribution < 1.29 is 14.6 Å². The standard InChI is InChI=1S/C15H9N5O5S2/c21-14-13(7-9-3-5-16-6-4-9)27-15(26)18(14)17-11-2-1-10(19(22)23)8-12(11)20(24)25/h1-8,17H. The lowest BCUT2D eigenvalue weighted by Gasteiger charge is -2.16. The molecular weight excluding hydrogens is 394 g/mol. The minimum Gasteiger partial charge on any atom is -0.283 e. The first kappa shape index (κ1) is 18.4. The van der Waals surface area contributed by atoms with Crippen LogP contribution < -0.4 is 5.43 Å². The number of hydrogen-bond acceptors (Lipinski definition) is 9. The van der Waals surface area contributed by atoms with Crippen molar-refractivity contribution in [2.45, 2.75) is 0 Å². The van der Waals surface area contributed by atoms with Crippen LogP contribution in [0.2, 0.25) is 0 Å². The van der Waals surface area contributed by atoms with Crippen molar-refractivity contribution in [3.63, 3.8) is 0 Å². The van der Waals surface area contributed by atoms with Crippen LogP contribution in [0.25, 0.3) is 6.08 Å². The van der Waals surface area contributed by atoms with Gasteiger partial charge in [0.05, 0.1) is 20.8 Å². The van der Waals surface area contributed by atoms with E-state index in [9.17, 15) is 25.0 Å². The van der Waals surface area contributed by atoms with Gasteiger partial charge in [0.1, 0.15) is 5.69 Å². The number of anilines is 1. The van der Waals surface area contributed by atoms with Crippen LogP contribution in [-0.2, 0) is 4.79 Å². The summed E-state index contributed by atoms with van der Waals surface area (Å²) in [6, 6.07) is 6.48. The Bertz CT molecular complexity index is 995. The number of benzene rings is 1. The van der Waals surface area contributed by atoms with Gasteiger partial charge in [0.2, 0.25) is 0 Å². The number of thioether (sulfide) groups is 1. The van der Waals surface area contributed by atoms with E-state index in [0.717, 1.165) is 40.5 Å². The fourth-order valence-electron chi connectivity index (χ4n) is 2.17. The van der Waals surface area contributed by atoms with Crippen LogP contribution in [0.3, 0.4) is 0 Å². The van der Waals surface area contributed by atoms with Crippen molar-refractivity contribution >= 4 is 57.3 Å². The zero-order chi connectivity index (χ0) is 19.6. The lowest BCUT2D eigenvalue weighted by molar-refractivity contribution is -0.393. The van der Waals surface area contributed by atoms with Crippen LogP contribution in [0.1, 0.15) is 5.56 Å². The highest BCUT2D eigenvalue weighted by Crippen LogP contribution is 2.35. The third-order valence-corrected chi connectivity index (χ3v) is 4.72. The molecule has 136 valence electrons. The number of amides is 1. The molecule has 1 aromatic heterocycles. The molecule has 0 unspecified atom stereocenters. The number of non-ortho nitro benzene ring substituents is 1. The van der Waals surface area contributed by atoms with Crippen molar-refractivity contribution in [3.05, 3.63) is 73.4 Å². The minimum absolute atomic E-state index is 0.0907. The number of carbonyl (C=O) groups is 1. The fourth-order valence-corrected chi connectivity index (χ4v) is 3.35. The van der Waals surface area contributed by atoms with Crippen LogP contribution in [-0.4, -0.2) is 30.1 Å². The Morgan fingerprint density at radius 1 is 1.15 bits per heavy atom. The van der Waals surface area contributed by atoms with E-state index in [-0.39, 0.29) is 10.0 Å². The summed E-state index contributed by atoms with van der Waals surface area (Å²) in [5.74, 6) is -0.491. The Hall–Kier alpha value is -3.38. The van der Waals surface area contributed by atoms with E-state index in [0.29, 0.717) is 4.91 Å².